The summed E-state index contributed by atoms with van der Waals surface area (Å²) in [6.07, 6.45) is -18.6. The maximum Gasteiger partial charge on any atom is 0.416 e. The number of anilines is 1. The number of para-hydroxylation sites is 1. The van der Waals surface area contributed by atoms with Crippen molar-refractivity contribution in [3.63, 3.8) is 0 Å². The van der Waals surface area contributed by atoms with Crippen LogP contribution in [-0.2, 0) is 28.0 Å². The molecule has 0 bridgehead atoms. The lowest BCUT2D eigenvalue weighted by Gasteiger charge is -2.41. The molecule has 1 amide bonds. The topological polar surface area (TPSA) is 56.3 Å². The third-order valence-electron chi connectivity index (χ3n) is 6.74. The fourth-order valence-corrected chi connectivity index (χ4v) is 5.19. The number of methoxy groups -OCH3 is 1. The predicted molar refractivity (Wildman–Crippen MR) is 198 cm³/mol. The van der Waals surface area contributed by atoms with E-state index < -0.39 is 251 Å². The van der Waals surface area contributed by atoms with Crippen molar-refractivity contribution in [2.75, 3.05) is 44.5 Å². The normalized spacial score (nSPS) is 31.3. The van der Waals surface area contributed by atoms with Crippen molar-refractivity contribution in [3.8, 4) is 11.1 Å². The minimum atomic E-state index is -5.60. The highest BCUT2D eigenvalue weighted by Gasteiger charge is 2.33. The molecule has 0 aromatic heterocycles. The fourth-order valence-electron chi connectivity index (χ4n) is 4.25. The summed E-state index contributed by atoms with van der Waals surface area (Å²) in [5.41, 5.74) is -12.0. The lowest BCUT2D eigenvalue weighted by atomic mass is 9.97. The van der Waals surface area contributed by atoms with E-state index in [0.717, 1.165) is 0 Å². The summed E-state index contributed by atoms with van der Waals surface area (Å²) in [4.78, 5) is 13.5. The monoisotopic (exact) mass is 784 g/mol. The van der Waals surface area contributed by atoms with Gasteiger partial charge in [-0.05, 0) is 72.1 Å². The molecule has 6 rings (SSSR count). The van der Waals surface area contributed by atoms with Gasteiger partial charge in [-0.3, -0.25) is 4.79 Å². The zero-order valence-corrected chi connectivity index (χ0v) is 27.2. The number of aliphatic hydroxyl groups is 1. The van der Waals surface area contributed by atoms with Crippen molar-refractivity contribution in [1.29, 1.82) is 0 Å². The van der Waals surface area contributed by atoms with E-state index in [1.165, 1.54) is 0 Å². The minimum Gasteiger partial charge on any atom is -0.384 e. The Bertz CT molecular complexity index is 3450. The van der Waals surface area contributed by atoms with Crippen LogP contribution in [0.25, 0.3) is 11.1 Å². The maximum atomic E-state index is 16.2. The summed E-state index contributed by atoms with van der Waals surface area (Å²) in [7, 11) is -3.63. The molecule has 4 aromatic rings. The number of nitrogens with zero attached hydrogens (tertiary/aromatic N) is 3. The number of fused-ring (bicyclic) bond motifs is 1. The SMILES string of the molecule is [2H]C1=C(SCc2c([2H])c([2H])c([2H])c(F)c2F)N(C([2H])([2H])C(=O)N(C([2H])([2H])c2c([2H])c([2H])c(-c3c([2H])c([2H])c(C(F)(F)F)c([2H])c3[2H])c([2H])c2C)C2([2H])C([2H])([2H])C([2H])([2H])N(C([2H])([2H])COC([2H])([2H])[2H])C([2H])([2H])C2([2H])[2H])c2c([2H])c([2H])c([2H])c([2H])c2C1O. The highest BCUT2D eigenvalue weighted by atomic mass is 32.2. The zero-order chi connectivity index (χ0) is 66.7. The van der Waals surface area contributed by atoms with Crippen LogP contribution >= 0.6 is 11.8 Å². The van der Waals surface area contributed by atoms with Crippen LogP contribution in [-0.4, -0.2) is 66.5 Å². The van der Waals surface area contributed by atoms with Gasteiger partial charge >= 0.3 is 6.18 Å². The zero-order valence-electron chi connectivity index (χ0n) is 59.4. The molecule has 6 nitrogen and oxygen atoms in total. The number of amides is 1. The van der Waals surface area contributed by atoms with Gasteiger partial charge in [0.25, 0.3) is 0 Å². The van der Waals surface area contributed by atoms with Gasteiger partial charge in [0.15, 0.2) is 11.6 Å². The maximum absolute atomic E-state index is 16.2. The Hall–Kier alpha value is -4.23. The highest BCUT2D eigenvalue weighted by molar-refractivity contribution is 8.02. The predicted octanol–water partition coefficient (Wildman–Crippen LogP) is 8.73. The number of halogens is 5. The standard InChI is InChI=1S/C41H42F5N3O3S/c1-27-22-29(28-12-14-32(15-13-28)41(44,45)46)10-11-30(27)24-48(33-16-18-47(19-17-33)20-21-52-2)38(51)25-49-36-9-4-3-7-34(36)37(50)23-39(49)53-26-31-6-5-8-35(42)40(31)43/h3-15,22-23,33,37,50H,16-21,24-26H2,1-2H3/i2D3,3D,4D,5D,6D,7D,8D,9D,10D,11D,12D,13D,14D,15D,16D2,17D2,18D2,19D2,20D2,22D,23D,24D2,25D2,33D. The first kappa shape index (κ1) is 14.8. The molecule has 2 heterocycles. The number of carbonyl (C=O) groups is 1. The van der Waals surface area contributed by atoms with E-state index in [4.69, 9.17) is 31.5 Å². The number of benzene rings is 4. The second kappa shape index (κ2) is 16.8. The van der Waals surface area contributed by atoms with Crippen LogP contribution in [0.15, 0.2) is 95.7 Å². The first-order valence-electron chi connectivity index (χ1n) is 30.9. The number of likely N-dealkylation sites (tertiary alicyclic amines) is 1. The van der Waals surface area contributed by atoms with Gasteiger partial charge in [0, 0.05) is 75.3 Å². The summed E-state index contributed by atoms with van der Waals surface area (Å²) < 4.78 is 366. The molecule has 4 aromatic carbocycles. The lowest BCUT2D eigenvalue weighted by molar-refractivity contribution is -0.137. The van der Waals surface area contributed by atoms with Crippen molar-refractivity contribution in [1.82, 2.24) is 9.80 Å². The van der Waals surface area contributed by atoms with Crippen LogP contribution in [0.2, 0.25) is 0 Å². The van der Waals surface area contributed by atoms with Gasteiger partial charge < -0.3 is 24.5 Å². The molecule has 2 aliphatic rings. The lowest BCUT2D eigenvalue weighted by Crippen LogP contribution is -2.50. The summed E-state index contributed by atoms with van der Waals surface area (Å²) in [5.74, 6) is -8.62. The molecule has 1 saturated heterocycles. The Morgan fingerprint density at radius 1 is 1.06 bits per heavy atom. The van der Waals surface area contributed by atoms with E-state index in [-0.39, 0.29) is 16.7 Å². The van der Waals surface area contributed by atoms with Gasteiger partial charge in [-0.25, -0.2) is 8.78 Å². The van der Waals surface area contributed by atoms with Crippen molar-refractivity contribution in [2.45, 2.75) is 50.2 Å². The Morgan fingerprint density at radius 2 is 1.79 bits per heavy atom. The minimum absolute atomic E-state index is 0.257. The largest absolute Gasteiger partial charge is 0.416 e. The van der Waals surface area contributed by atoms with E-state index in [2.05, 4.69) is 4.74 Å². The average Bonchev–Trinajstić information content (AvgIpc) is 0.657. The molecule has 1 N–H and O–H groups in total. The van der Waals surface area contributed by atoms with Gasteiger partial charge in [0.05, 0.1) is 48.7 Å². The number of hydrogen-bond donors (Lipinski definition) is 1. The molecule has 280 valence electrons. The third-order valence-corrected chi connectivity index (χ3v) is 7.74. The Balaban J connectivity index is 1.81. The van der Waals surface area contributed by atoms with Crippen LogP contribution in [0.3, 0.4) is 0 Å². The number of thioether (sulfide) groups is 1. The first-order chi connectivity index (χ1) is 38.5. The Labute approximate surface area is 357 Å². The molecule has 0 aliphatic carbocycles. The fraction of sp³-hybridized carbons (Fsp3) is 0.341. The van der Waals surface area contributed by atoms with Crippen LogP contribution in [0.5, 0.6) is 0 Å². The number of alkyl halides is 3. The first-order valence-corrected chi connectivity index (χ1v) is 15.4. The molecule has 0 spiro atoms. The average molecular weight is 785 g/mol. The number of rotatable bonds is 12. The summed E-state index contributed by atoms with van der Waals surface area (Å²) in [6, 6.07) is -28.6. The van der Waals surface area contributed by atoms with Gasteiger partial charge in [-0.2, -0.15) is 13.2 Å². The molecule has 53 heavy (non-hydrogen) atoms. The van der Waals surface area contributed by atoms with Crippen LogP contribution in [0.4, 0.5) is 27.6 Å². The van der Waals surface area contributed by atoms with Crippen LogP contribution in [0.1, 0.15) is 91.9 Å². The quantitative estimate of drug-likeness (QED) is 0.145. The van der Waals surface area contributed by atoms with Crippen LogP contribution < -0.4 is 4.90 Å². The second-order valence-corrected chi connectivity index (χ2v) is 11.2. The summed E-state index contributed by atoms with van der Waals surface area (Å²) >= 11 is -0.257. The van der Waals surface area contributed by atoms with Crippen molar-refractivity contribution >= 4 is 23.4 Å². The van der Waals surface area contributed by atoms with E-state index in [1.54, 1.807) is 0 Å². The number of aliphatic hydroxyl groups excluding tert-OH is 1. The molecule has 1 atom stereocenters. The molecule has 0 saturated carbocycles. The molecule has 0 radical (unpaired) electrons. The van der Waals surface area contributed by atoms with Crippen molar-refractivity contribution in [2.24, 2.45) is 0 Å². The molecular weight excluding hydrogens is 710 g/mol. The van der Waals surface area contributed by atoms with Gasteiger partial charge in [-0.15, -0.1) is 11.8 Å². The molecule has 1 unspecified atom stereocenters. The number of hydrogen-bond acceptors (Lipinski definition) is 6. The Kier molecular flexibility index (Phi) is 4.70. The van der Waals surface area contributed by atoms with E-state index in [0.29, 0.717) is 6.92 Å². The number of piperidine rings is 1. The van der Waals surface area contributed by atoms with Gasteiger partial charge in [0.1, 0.15) is 12.6 Å². The Morgan fingerprint density at radius 3 is 2.53 bits per heavy atom. The highest BCUT2D eigenvalue weighted by Crippen LogP contribution is 2.41. The smallest absolute Gasteiger partial charge is 0.384 e. The summed E-state index contributed by atoms with van der Waals surface area (Å²) in [6.45, 7) is -25.2. The molecular formula is C41H42F5N3O3S. The van der Waals surface area contributed by atoms with Crippen molar-refractivity contribution in [3.05, 3.63) is 135 Å². The molecule has 1 fully saturated rings. The third kappa shape index (κ3) is 9.12. The van der Waals surface area contributed by atoms with Crippen LogP contribution in [0, 0.1) is 18.6 Å². The number of ether oxygens (including phenoxy) is 1. The van der Waals surface area contributed by atoms with Gasteiger partial charge in [0.2, 0.25) is 5.91 Å². The summed E-state index contributed by atoms with van der Waals surface area (Å²) in [5, 5.41) is 10.1. The molecule has 12 heteroatoms. The van der Waals surface area contributed by atoms with E-state index in [1.807, 2.05) is 0 Å². The molecule has 2 aliphatic heterocycles. The number of carbonyl (C=O) groups excluding carboxylic acids is 1. The van der Waals surface area contributed by atoms with Gasteiger partial charge in [-0.1, -0.05) is 60.4 Å². The van der Waals surface area contributed by atoms with E-state index in [9.17, 15) is 36.4 Å². The van der Waals surface area contributed by atoms with Crippen molar-refractivity contribution < 1.29 is 81.8 Å². The van der Waals surface area contributed by atoms with E-state index >= 15 is 9.18 Å². The second-order valence-electron chi connectivity index (χ2n) is 10.2.